The number of benzene rings is 1. The second-order valence-corrected chi connectivity index (χ2v) is 5.48. The van der Waals surface area contributed by atoms with Crippen LogP contribution in [0, 0.1) is 12.7 Å². The van der Waals surface area contributed by atoms with E-state index in [4.69, 9.17) is 5.73 Å². The molecule has 1 aromatic carbocycles. The summed E-state index contributed by atoms with van der Waals surface area (Å²) in [6, 6.07) is 4.57. The van der Waals surface area contributed by atoms with Crippen LogP contribution in [-0.4, -0.2) is 4.98 Å². The van der Waals surface area contributed by atoms with E-state index in [0.717, 1.165) is 21.3 Å². The summed E-state index contributed by atoms with van der Waals surface area (Å²) in [7, 11) is 0. The Labute approximate surface area is 102 Å². The van der Waals surface area contributed by atoms with Gasteiger partial charge in [-0.3, -0.25) is 0 Å². The number of nitrogen functional groups attached to an aromatic ring is 1. The molecule has 16 heavy (non-hydrogen) atoms. The van der Waals surface area contributed by atoms with Gasteiger partial charge in [0, 0.05) is 21.7 Å². The third kappa shape index (κ3) is 2.96. The molecule has 0 saturated carbocycles. The highest BCUT2D eigenvalue weighted by Crippen LogP contribution is 2.26. The number of thiazole rings is 1. The average molecular weight is 254 g/mol. The number of aromatic nitrogens is 1. The van der Waals surface area contributed by atoms with Gasteiger partial charge in [-0.1, -0.05) is 0 Å². The number of nitrogens with two attached hydrogens (primary N) is 1. The number of rotatable bonds is 3. The summed E-state index contributed by atoms with van der Waals surface area (Å²) in [6.45, 7) is 1.97. The molecule has 5 heteroatoms. The minimum absolute atomic E-state index is 0.294. The highest BCUT2D eigenvalue weighted by Gasteiger charge is 2.02. The highest BCUT2D eigenvalue weighted by molar-refractivity contribution is 7.98. The molecule has 2 aromatic rings. The summed E-state index contributed by atoms with van der Waals surface area (Å²) in [6.07, 6.45) is 0. The largest absolute Gasteiger partial charge is 0.399 e. The molecular weight excluding hydrogens is 243 g/mol. The van der Waals surface area contributed by atoms with Crippen molar-refractivity contribution in [2.24, 2.45) is 0 Å². The summed E-state index contributed by atoms with van der Waals surface area (Å²) in [5.41, 5.74) is 7.04. The number of hydrogen-bond donors (Lipinski definition) is 1. The second kappa shape index (κ2) is 4.84. The molecule has 1 heterocycles. The van der Waals surface area contributed by atoms with Crippen molar-refractivity contribution in [1.29, 1.82) is 0 Å². The zero-order valence-corrected chi connectivity index (χ0v) is 10.4. The van der Waals surface area contributed by atoms with Crippen LogP contribution in [0.5, 0.6) is 0 Å². The van der Waals surface area contributed by atoms with E-state index in [1.54, 1.807) is 17.4 Å². The van der Waals surface area contributed by atoms with E-state index in [2.05, 4.69) is 4.98 Å². The molecule has 0 atom stereocenters. The second-order valence-electron chi connectivity index (χ2n) is 3.37. The molecular formula is C11H11FN2S2. The number of thioether (sulfide) groups is 1. The van der Waals surface area contributed by atoms with E-state index < -0.39 is 0 Å². The van der Waals surface area contributed by atoms with Crippen LogP contribution in [-0.2, 0) is 5.75 Å². The van der Waals surface area contributed by atoms with E-state index in [-0.39, 0.29) is 5.82 Å². The molecule has 0 amide bonds. The maximum atomic E-state index is 13.1. The quantitative estimate of drug-likeness (QED) is 0.673. The van der Waals surface area contributed by atoms with E-state index in [0.29, 0.717) is 5.69 Å². The van der Waals surface area contributed by atoms with Gasteiger partial charge in [0.1, 0.15) is 5.82 Å². The van der Waals surface area contributed by atoms with Crippen molar-refractivity contribution >= 4 is 28.8 Å². The molecule has 0 spiro atoms. The number of hydrogen-bond acceptors (Lipinski definition) is 4. The molecule has 0 aliphatic heterocycles. The lowest BCUT2D eigenvalue weighted by molar-refractivity contribution is 0.625. The molecule has 0 fully saturated rings. The van der Waals surface area contributed by atoms with Gasteiger partial charge in [0.15, 0.2) is 0 Å². The zero-order valence-electron chi connectivity index (χ0n) is 8.74. The van der Waals surface area contributed by atoms with E-state index in [1.807, 2.05) is 12.3 Å². The van der Waals surface area contributed by atoms with Crippen LogP contribution in [0.4, 0.5) is 10.1 Å². The first-order valence-corrected chi connectivity index (χ1v) is 6.60. The van der Waals surface area contributed by atoms with Gasteiger partial charge < -0.3 is 5.73 Å². The summed E-state index contributed by atoms with van der Waals surface area (Å²) in [5, 5.41) is 3.07. The molecule has 2 N–H and O–H groups in total. The molecule has 0 aliphatic carbocycles. The van der Waals surface area contributed by atoms with Gasteiger partial charge in [-0.25, -0.2) is 9.37 Å². The summed E-state index contributed by atoms with van der Waals surface area (Å²) in [4.78, 5) is 5.18. The number of aryl methyl sites for hydroxylation is 1. The fourth-order valence-electron chi connectivity index (χ4n) is 1.30. The van der Waals surface area contributed by atoms with Crippen LogP contribution in [0.1, 0.15) is 10.7 Å². The lowest BCUT2D eigenvalue weighted by Gasteiger charge is -2.01. The van der Waals surface area contributed by atoms with Gasteiger partial charge in [-0.05, 0) is 25.1 Å². The lowest BCUT2D eigenvalue weighted by atomic mass is 10.3. The van der Waals surface area contributed by atoms with E-state index in [1.165, 1.54) is 23.9 Å². The molecule has 0 aliphatic rings. The fraction of sp³-hybridized carbons (Fsp3) is 0.182. The van der Waals surface area contributed by atoms with Crippen LogP contribution in [0.3, 0.4) is 0 Å². The van der Waals surface area contributed by atoms with Crippen LogP contribution in [0.25, 0.3) is 0 Å². The molecule has 1 aromatic heterocycles. The lowest BCUT2D eigenvalue weighted by Crippen LogP contribution is -1.88. The Balaban J connectivity index is 2.04. The monoisotopic (exact) mass is 254 g/mol. The minimum Gasteiger partial charge on any atom is -0.399 e. The highest BCUT2D eigenvalue weighted by atomic mass is 32.2. The standard InChI is InChI=1S/C11H11FN2S2/c1-7-14-10(5-15-7)6-16-11-3-8(12)2-9(13)4-11/h2-5H,6,13H2,1H3. The summed E-state index contributed by atoms with van der Waals surface area (Å²) in [5.74, 6) is 0.449. The average Bonchev–Trinajstić information content (AvgIpc) is 2.60. The van der Waals surface area contributed by atoms with Crippen LogP contribution in [0.15, 0.2) is 28.5 Å². The number of anilines is 1. The van der Waals surface area contributed by atoms with Crippen molar-refractivity contribution < 1.29 is 4.39 Å². The van der Waals surface area contributed by atoms with E-state index >= 15 is 0 Å². The predicted molar refractivity (Wildman–Crippen MR) is 67.2 cm³/mol. The molecule has 0 unspecified atom stereocenters. The first-order chi connectivity index (χ1) is 7.63. The fourth-order valence-corrected chi connectivity index (χ4v) is 2.90. The third-order valence-electron chi connectivity index (χ3n) is 1.95. The molecule has 2 nitrogen and oxygen atoms in total. The molecule has 0 saturated heterocycles. The smallest absolute Gasteiger partial charge is 0.126 e. The predicted octanol–water partition coefficient (Wildman–Crippen LogP) is 3.47. The van der Waals surface area contributed by atoms with Crippen molar-refractivity contribution in [1.82, 2.24) is 4.98 Å². The SMILES string of the molecule is Cc1nc(CSc2cc(N)cc(F)c2)cs1. The van der Waals surface area contributed by atoms with E-state index in [9.17, 15) is 4.39 Å². The topological polar surface area (TPSA) is 38.9 Å². The van der Waals surface area contributed by atoms with Gasteiger partial charge >= 0.3 is 0 Å². The summed E-state index contributed by atoms with van der Waals surface area (Å²) >= 11 is 3.16. The number of nitrogens with zero attached hydrogens (tertiary/aromatic N) is 1. The molecule has 2 rings (SSSR count). The third-order valence-corrected chi connectivity index (χ3v) is 3.78. The first-order valence-electron chi connectivity index (χ1n) is 4.73. The van der Waals surface area contributed by atoms with Crippen molar-refractivity contribution in [2.75, 3.05) is 5.73 Å². The van der Waals surface area contributed by atoms with Gasteiger partial charge in [-0.2, -0.15) is 0 Å². The molecule has 84 valence electrons. The first kappa shape index (κ1) is 11.4. The summed E-state index contributed by atoms with van der Waals surface area (Å²) < 4.78 is 13.1. The Hall–Kier alpha value is -1.07. The number of halogens is 1. The Morgan fingerprint density at radius 2 is 2.25 bits per heavy atom. The van der Waals surface area contributed by atoms with Gasteiger partial charge in [0.05, 0.1) is 10.7 Å². The maximum Gasteiger partial charge on any atom is 0.126 e. The molecule has 0 radical (unpaired) electrons. The normalized spacial score (nSPS) is 10.6. The minimum atomic E-state index is -0.294. The Kier molecular flexibility index (Phi) is 3.46. The zero-order chi connectivity index (χ0) is 11.5. The van der Waals surface area contributed by atoms with Crippen LogP contribution in [0.2, 0.25) is 0 Å². The maximum absolute atomic E-state index is 13.1. The van der Waals surface area contributed by atoms with Crippen molar-refractivity contribution in [3.8, 4) is 0 Å². The van der Waals surface area contributed by atoms with Crippen LogP contribution < -0.4 is 5.73 Å². The van der Waals surface area contributed by atoms with Gasteiger partial charge in [0.2, 0.25) is 0 Å². The van der Waals surface area contributed by atoms with Crippen LogP contribution >= 0.6 is 23.1 Å². The van der Waals surface area contributed by atoms with Gasteiger partial charge in [-0.15, -0.1) is 23.1 Å². The van der Waals surface area contributed by atoms with Gasteiger partial charge in [0.25, 0.3) is 0 Å². The Morgan fingerprint density at radius 3 is 2.88 bits per heavy atom. The Bertz CT molecular complexity index is 476. The Morgan fingerprint density at radius 1 is 1.44 bits per heavy atom. The molecule has 0 bridgehead atoms. The van der Waals surface area contributed by atoms with Crippen molar-refractivity contribution in [3.63, 3.8) is 0 Å². The van der Waals surface area contributed by atoms with Crippen molar-refractivity contribution in [2.45, 2.75) is 17.6 Å². The van der Waals surface area contributed by atoms with Crippen molar-refractivity contribution in [3.05, 3.63) is 40.1 Å².